The zero-order valence-corrected chi connectivity index (χ0v) is 43.7. The van der Waals surface area contributed by atoms with E-state index in [2.05, 4.69) is 241 Å². The van der Waals surface area contributed by atoms with Crippen LogP contribution in [-0.4, -0.2) is 4.40 Å². The normalized spacial score (nSPS) is 15.0. The molecule has 2 saturated carbocycles. The number of para-hydroxylation sites is 2. The second kappa shape index (κ2) is 18.5. The molecule has 2 aromatic heterocycles. The Kier molecular flexibility index (Phi) is 11.3. The Morgan fingerprint density at radius 1 is 0.347 bits per heavy atom. The lowest BCUT2D eigenvalue weighted by Gasteiger charge is -2.27. The Morgan fingerprint density at radius 3 is 1.19 bits per heavy atom. The van der Waals surface area contributed by atoms with Gasteiger partial charge in [0.1, 0.15) is 0 Å². The molecule has 0 aliphatic heterocycles. The first-order valence-electron chi connectivity index (χ1n) is 27.9. The van der Waals surface area contributed by atoms with Gasteiger partial charge < -0.3 is 14.2 Å². The standard InChI is InChI=1S/C72H65N3/c1-72(2,3)58-32-24-52(25-33-58)57-44-67-65-42-53-30-38-63(73(59-20-12-6-13-21-59)61-34-26-50(27-35-61)48-16-8-4-9-17-48)40-55(53)46-69(65)75-70-47-56-41-64(39-31-54(56)43-66(70)68(45-57)71(67)75)74(60-22-14-7-15-23-60)62-36-28-51(29-37-62)49-18-10-5-11-19-49/h6-7,12-15,20-49H,4-5,8-11,16-19H2,1-3H3. The Morgan fingerprint density at radius 2 is 0.760 bits per heavy atom. The first-order valence-corrected chi connectivity index (χ1v) is 27.9. The second-order valence-electron chi connectivity index (χ2n) is 23.1. The number of nitrogens with zero attached hydrogens (tertiary/aromatic N) is 3. The van der Waals surface area contributed by atoms with E-state index in [1.165, 1.54) is 163 Å². The summed E-state index contributed by atoms with van der Waals surface area (Å²) in [5.74, 6) is 1.34. The summed E-state index contributed by atoms with van der Waals surface area (Å²) in [5, 5.41) is 10.1. The second-order valence-corrected chi connectivity index (χ2v) is 23.1. The van der Waals surface area contributed by atoms with Crippen molar-refractivity contribution in [3.8, 4) is 11.1 Å². The summed E-state index contributed by atoms with van der Waals surface area (Å²) >= 11 is 0. The van der Waals surface area contributed by atoms with Crippen LogP contribution < -0.4 is 9.80 Å². The maximum atomic E-state index is 2.58. The fourth-order valence-electron chi connectivity index (χ4n) is 13.3. The molecule has 0 bridgehead atoms. The fraction of sp³-hybridized carbons (Fsp3) is 0.222. The molecule has 0 spiro atoms. The van der Waals surface area contributed by atoms with Gasteiger partial charge in [-0.05, 0) is 201 Å². The highest BCUT2D eigenvalue weighted by atomic mass is 15.1. The van der Waals surface area contributed by atoms with Crippen molar-refractivity contribution in [1.29, 1.82) is 0 Å². The lowest BCUT2D eigenvalue weighted by atomic mass is 9.84. The SMILES string of the molecule is CC(C)(C)c1ccc(-c2cc3c4cc5ccc(N(c6ccccc6)c6ccc(C7CCCCC7)cc6)cc5cc4n4c5cc6cc(N(c7ccccc7)c7ccc(C8CCCCC8)cc7)ccc6cc5c(c2)c34)cc1. The molecule has 0 atom stereocenters. The molecule has 0 unspecified atom stereocenters. The van der Waals surface area contributed by atoms with Crippen molar-refractivity contribution in [2.45, 2.75) is 102 Å². The van der Waals surface area contributed by atoms with Crippen molar-refractivity contribution >= 4 is 93.8 Å². The summed E-state index contributed by atoms with van der Waals surface area (Å²) in [4.78, 5) is 4.86. The minimum Gasteiger partial charge on any atom is -0.310 e. The lowest BCUT2D eigenvalue weighted by molar-refractivity contribution is 0.443. The van der Waals surface area contributed by atoms with Gasteiger partial charge in [-0.3, -0.25) is 0 Å². The van der Waals surface area contributed by atoms with E-state index in [4.69, 9.17) is 0 Å². The molecule has 75 heavy (non-hydrogen) atoms. The van der Waals surface area contributed by atoms with Crippen molar-refractivity contribution in [3.63, 3.8) is 0 Å². The average molecular weight is 972 g/mol. The molecule has 12 aromatic rings. The molecular formula is C72H65N3. The van der Waals surface area contributed by atoms with E-state index in [0.717, 1.165) is 22.7 Å². The van der Waals surface area contributed by atoms with Crippen molar-refractivity contribution < 1.29 is 0 Å². The molecule has 3 nitrogen and oxygen atoms in total. The maximum absolute atomic E-state index is 2.58. The van der Waals surface area contributed by atoms with E-state index in [-0.39, 0.29) is 5.41 Å². The average Bonchev–Trinajstić information content (AvgIpc) is 3.96. The van der Waals surface area contributed by atoms with Crippen molar-refractivity contribution in [2.75, 3.05) is 9.80 Å². The predicted octanol–water partition coefficient (Wildman–Crippen LogP) is 21.1. The van der Waals surface area contributed by atoms with Gasteiger partial charge in [0.15, 0.2) is 0 Å². The molecule has 2 heterocycles. The number of fused-ring (bicyclic) bond motifs is 8. The largest absolute Gasteiger partial charge is 0.310 e. The monoisotopic (exact) mass is 972 g/mol. The summed E-state index contributed by atoms with van der Waals surface area (Å²) < 4.78 is 2.58. The zero-order valence-electron chi connectivity index (χ0n) is 43.7. The first kappa shape index (κ1) is 45.7. The smallest absolute Gasteiger partial charge is 0.0620 e. The van der Waals surface area contributed by atoms with Crippen molar-refractivity contribution in [2.24, 2.45) is 0 Å². The predicted molar refractivity (Wildman–Crippen MR) is 321 cm³/mol. The molecule has 3 heteroatoms. The third kappa shape index (κ3) is 8.20. The Hall–Kier alpha value is -7.88. The van der Waals surface area contributed by atoms with Crippen molar-refractivity contribution in [1.82, 2.24) is 4.40 Å². The highest BCUT2D eigenvalue weighted by Crippen LogP contribution is 2.47. The number of anilines is 6. The molecule has 2 aliphatic rings. The molecule has 2 fully saturated rings. The zero-order chi connectivity index (χ0) is 50.2. The topological polar surface area (TPSA) is 10.9 Å². The van der Waals surface area contributed by atoms with Gasteiger partial charge in [0.2, 0.25) is 0 Å². The molecule has 0 N–H and O–H groups in total. The van der Waals surface area contributed by atoms with E-state index >= 15 is 0 Å². The van der Waals surface area contributed by atoms with Crippen LogP contribution in [-0.2, 0) is 5.41 Å². The van der Waals surface area contributed by atoms with E-state index in [9.17, 15) is 0 Å². The number of hydrogen-bond acceptors (Lipinski definition) is 2. The van der Waals surface area contributed by atoms with Crippen LogP contribution in [0.2, 0.25) is 0 Å². The summed E-state index contributed by atoms with van der Waals surface area (Å²) in [5.41, 5.74) is 17.6. The summed E-state index contributed by atoms with van der Waals surface area (Å²) in [6.07, 6.45) is 13.3. The van der Waals surface area contributed by atoms with E-state index in [1.807, 2.05) is 0 Å². The van der Waals surface area contributed by atoms with Crippen LogP contribution in [0.1, 0.15) is 114 Å². The van der Waals surface area contributed by atoms with Crippen LogP contribution in [0.25, 0.3) is 70.8 Å². The van der Waals surface area contributed by atoms with Gasteiger partial charge in [0.25, 0.3) is 0 Å². The fourth-order valence-corrected chi connectivity index (χ4v) is 13.3. The number of hydrogen-bond donors (Lipinski definition) is 0. The molecule has 2 aliphatic carbocycles. The van der Waals surface area contributed by atoms with Gasteiger partial charge in [0.05, 0.1) is 16.6 Å². The van der Waals surface area contributed by atoms with E-state index < -0.39 is 0 Å². The Bertz CT molecular complexity index is 3790. The first-order chi connectivity index (χ1) is 36.8. The summed E-state index contributed by atoms with van der Waals surface area (Å²) in [6, 6.07) is 78.9. The summed E-state index contributed by atoms with van der Waals surface area (Å²) in [6.45, 7) is 6.88. The van der Waals surface area contributed by atoms with Crippen molar-refractivity contribution in [3.05, 3.63) is 223 Å². The van der Waals surface area contributed by atoms with Gasteiger partial charge in [-0.2, -0.15) is 0 Å². The third-order valence-corrected chi connectivity index (χ3v) is 17.4. The van der Waals surface area contributed by atoms with Crippen LogP contribution in [0.4, 0.5) is 34.1 Å². The molecule has 0 saturated heterocycles. The van der Waals surface area contributed by atoms with Crippen LogP contribution in [0.5, 0.6) is 0 Å². The van der Waals surface area contributed by atoms with Gasteiger partial charge >= 0.3 is 0 Å². The van der Waals surface area contributed by atoms with Crippen LogP contribution in [0, 0.1) is 0 Å². The van der Waals surface area contributed by atoms with Crippen LogP contribution in [0.15, 0.2) is 206 Å². The molecular weight excluding hydrogens is 907 g/mol. The quantitative estimate of drug-likeness (QED) is 0.143. The highest BCUT2D eigenvalue weighted by molar-refractivity contribution is 6.27. The number of rotatable bonds is 9. The van der Waals surface area contributed by atoms with Gasteiger partial charge in [-0.1, -0.05) is 156 Å². The number of aromatic nitrogens is 1. The minimum atomic E-state index is 0.0827. The van der Waals surface area contributed by atoms with Crippen LogP contribution >= 0.6 is 0 Å². The van der Waals surface area contributed by atoms with E-state index in [0.29, 0.717) is 11.8 Å². The molecule has 14 rings (SSSR count). The van der Waals surface area contributed by atoms with Gasteiger partial charge in [-0.15, -0.1) is 0 Å². The Balaban J connectivity index is 0.946. The molecule has 368 valence electrons. The van der Waals surface area contributed by atoms with E-state index in [1.54, 1.807) is 0 Å². The maximum Gasteiger partial charge on any atom is 0.0620 e. The number of benzene rings is 10. The third-order valence-electron chi connectivity index (χ3n) is 17.4. The summed E-state index contributed by atoms with van der Waals surface area (Å²) in [7, 11) is 0. The van der Waals surface area contributed by atoms with Gasteiger partial charge in [0, 0.05) is 55.7 Å². The Labute approximate surface area is 442 Å². The minimum absolute atomic E-state index is 0.0827. The van der Waals surface area contributed by atoms with Crippen LogP contribution in [0.3, 0.4) is 0 Å². The molecule has 10 aromatic carbocycles. The lowest BCUT2D eigenvalue weighted by Crippen LogP contribution is -2.10. The molecule has 0 amide bonds. The highest BCUT2D eigenvalue weighted by Gasteiger charge is 2.24. The molecule has 0 radical (unpaired) electrons. The van der Waals surface area contributed by atoms with Gasteiger partial charge in [-0.25, -0.2) is 0 Å².